The van der Waals surface area contributed by atoms with Crippen LogP contribution in [0.2, 0.25) is 0 Å². The fourth-order valence-corrected chi connectivity index (χ4v) is 4.39. The van der Waals surface area contributed by atoms with Crippen LogP contribution in [0.4, 0.5) is 5.69 Å². The van der Waals surface area contributed by atoms with Gasteiger partial charge in [-0.1, -0.05) is 78.9 Å². The molecule has 0 bridgehead atoms. The van der Waals surface area contributed by atoms with Crippen LogP contribution in [-0.4, -0.2) is 24.7 Å². The standard InChI is InChI=1S/C29H28N6S/c1-21-27(22(2)34(32-21)19-23-12-6-3-7-13-23)31-29(36)30-18-25-20-35(26-16-10-5-11-17-26)33-28(25)24-14-8-4-9-15-24/h3-17,20H,18-19H2,1-2H3,(H2,30,31,36). The van der Waals surface area contributed by atoms with E-state index in [1.54, 1.807) is 0 Å². The number of rotatable bonds is 7. The molecule has 2 N–H and O–H groups in total. The highest BCUT2D eigenvalue weighted by molar-refractivity contribution is 7.80. The van der Waals surface area contributed by atoms with Crippen molar-refractivity contribution in [1.82, 2.24) is 24.9 Å². The van der Waals surface area contributed by atoms with Crippen molar-refractivity contribution < 1.29 is 0 Å². The number of hydrogen-bond acceptors (Lipinski definition) is 3. The molecule has 0 spiro atoms. The van der Waals surface area contributed by atoms with Gasteiger partial charge in [0, 0.05) is 23.9 Å². The molecule has 0 unspecified atom stereocenters. The first kappa shape index (κ1) is 23.5. The smallest absolute Gasteiger partial charge is 0.171 e. The Labute approximate surface area is 216 Å². The van der Waals surface area contributed by atoms with Gasteiger partial charge < -0.3 is 10.6 Å². The quantitative estimate of drug-likeness (QED) is 0.278. The zero-order valence-corrected chi connectivity index (χ0v) is 21.2. The van der Waals surface area contributed by atoms with Crippen LogP contribution in [0.25, 0.3) is 16.9 Å². The van der Waals surface area contributed by atoms with Crippen LogP contribution in [-0.2, 0) is 13.1 Å². The Bertz CT molecular complexity index is 1460. The Morgan fingerprint density at radius 1 is 0.833 bits per heavy atom. The molecule has 0 aliphatic rings. The topological polar surface area (TPSA) is 59.7 Å². The van der Waals surface area contributed by atoms with Gasteiger partial charge in [0.2, 0.25) is 0 Å². The van der Waals surface area contributed by atoms with Gasteiger partial charge in [0.05, 0.1) is 35.0 Å². The highest BCUT2D eigenvalue weighted by Crippen LogP contribution is 2.24. The van der Waals surface area contributed by atoms with Crippen molar-refractivity contribution in [2.45, 2.75) is 26.9 Å². The first-order valence-electron chi connectivity index (χ1n) is 11.9. The maximum Gasteiger partial charge on any atom is 0.171 e. The first-order valence-corrected chi connectivity index (χ1v) is 12.3. The molecule has 2 aromatic heterocycles. The normalized spacial score (nSPS) is 10.8. The van der Waals surface area contributed by atoms with Crippen LogP contribution in [0.15, 0.2) is 97.2 Å². The van der Waals surface area contributed by atoms with E-state index in [-0.39, 0.29) is 0 Å². The molecule has 36 heavy (non-hydrogen) atoms. The summed E-state index contributed by atoms with van der Waals surface area (Å²) in [5.41, 5.74) is 8.17. The lowest BCUT2D eigenvalue weighted by Gasteiger charge is -2.11. The fourth-order valence-electron chi connectivity index (χ4n) is 4.21. The van der Waals surface area contributed by atoms with Crippen LogP contribution in [0, 0.1) is 13.8 Å². The summed E-state index contributed by atoms with van der Waals surface area (Å²) in [4.78, 5) is 0. The Hall–Kier alpha value is -4.23. The molecular formula is C29H28N6S. The third kappa shape index (κ3) is 5.21. The van der Waals surface area contributed by atoms with Gasteiger partial charge in [-0.3, -0.25) is 4.68 Å². The Kier molecular flexibility index (Phi) is 6.91. The molecule has 180 valence electrons. The lowest BCUT2D eigenvalue weighted by Crippen LogP contribution is -2.28. The van der Waals surface area contributed by atoms with Gasteiger partial charge in [-0.05, 0) is 43.8 Å². The Morgan fingerprint density at radius 2 is 1.47 bits per heavy atom. The summed E-state index contributed by atoms with van der Waals surface area (Å²) in [5, 5.41) is 16.9. The zero-order valence-electron chi connectivity index (χ0n) is 20.3. The fraction of sp³-hybridized carbons (Fsp3) is 0.138. The number of nitrogens with zero attached hydrogens (tertiary/aromatic N) is 4. The van der Waals surface area contributed by atoms with Crippen molar-refractivity contribution in [2.24, 2.45) is 0 Å². The SMILES string of the molecule is Cc1nn(Cc2ccccc2)c(C)c1NC(=S)NCc1cn(-c2ccccc2)nc1-c1ccccc1. The summed E-state index contributed by atoms with van der Waals surface area (Å²) < 4.78 is 3.92. The average molecular weight is 493 g/mol. The van der Waals surface area contributed by atoms with Gasteiger partial charge in [-0.15, -0.1) is 0 Å². The molecule has 0 atom stereocenters. The molecule has 0 saturated heterocycles. The highest BCUT2D eigenvalue weighted by Gasteiger charge is 2.15. The lowest BCUT2D eigenvalue weighted by molar-refractivity contribution is 0.659. The molecule has 2 heterocycles. The maximum atomic E-state index is 5.67. The van der Waals surface area contributed by atoms with Gasteiger partial charge in [0.15, 0.2) is 5.11 Å². The molecule has 0 amide bonds. The van der Waals surface area contributed by atoms with E-state index < -0.39 is 0 Å². The van der Waals surface area contributed by atoms with Crippen molar-refractivity contribution >= 4 is 23.0 Å². The minimum absolute atomic E-state index is 0.541. The van der Waals surface area contributed by atoms with Crippen molar-refractivity contribution in [3.8, 4) is 16.9 Å². The summed E-state index contributed by atoms with van der Waals surface area (Å²) in [5.74, 6) is 0. The number of aromatic nitrogens is 4. The monoisotopic (exact) mass is 492 g/mol. The molecule has 0 saturated carbocycles. The van der Waals surface area contributed by atoms with E-state index in [1.165, 1.54) is 5.56 Å². The van der Waals surface area contributed by atoms with Crippen molar-refractivity contribution in [3.05, 3.63) is 120 Å². The number of nitrogens with one attached hydrogen (secondary N) is 2. The van der Waals surface area contributed by atoms with Gasteiger partial charge in [-0.25, -0.2) is 4.68 Å². The number of thiocarbonyl (C=S) groups is 1. The predicted molar refractivity (Wildman–Crippen MR) is 149 cm³/mol. The average Bonchev–Trinajstić information content (AvgIpc) is 3.46. The molecule has 5 rings (SSSR count). The van der Waals surface area contributed by atoms with Crippen LogP contribution in [0.3, 0.4) is 0 Å². The minimum Gasteiger partial charge on any atom is -0.358 e. The predicted octanol–water partition coefficient (Wildman–Crippen LogP) is 5.89. The maximum absolute atomic E-state index is 5.67. The summed E-state index contributed by atoms with van der Waals surface area (Å²) in [6, 6.07) is 30.7. The molecule has 0 fully saturated rings. The third-order valence-corrected chi connectivity index (χ3v) is 6.34. The molecule has 6 nitrogen and oxygen atoms in total. The largest absolute Gasteiger partial charge is 0.358 e. The van der Waals surface area contributed by atoms with Crippen LogP contribution in [0.5, 0.6) is 0 Å². The second-order valence-electron chi connectivity index (χ2n) is 8.65. The Morgan fingerprint density at radius 3 is 2.17 bits per heavy atom. The zero-order chi connectivity index (χ0) is 24.9. The second kappa shape index (κ2) is 10.6. The van der Waals surface area contributed by atoms with Crippen molar-refractivity contribution in [3.63, 3.8) is 0 Å². The molecule has 7 heteroatoms. The van der Waals surface area contributed by atoms with E-state index in [0.29, 0.717) is 18.2 Å². The second-order valence-corrected chi connectivity index (χ2v) is 9.05. The molecule has 0 radical (unpaired) electrons. The van der Waals surface area contributed by atoms with E-state index in [0.717, 1.165) is 39.6 Å². The molecular weight excluding hydrogens is 464 g/mol. The number of benzene rings is 3. The van der Waals surface area contributed by atoms with E-state index in [4.69, 9.17) is 22.4 Å². The molecule has 3 aromatic carbocycles. The van der Waals surface area contributed by atoms with Gasteiger partial charge >= 0.3 is 0 Å². The third-order valence-electron chi connectivity index (χ3n) is 6.09. The molecule has 5 aromatic rings. The summed E-state index contributed by atoms with van der Waals surface area (Å²) >= 11 is 5.67. The number of para-hydroxylation sites is 1. The minimum atomic E-state index is 0.541. The van der Waals surface area contributed by atoms with Crippen molar-refractivity contribution in [1.29, 1.82) is 0 Å². The summed E-state index contributed by atoms with van der Waals surface area (Å²) in [6.45, 7) is 5.32. The van der Waals surface area contributed by atoms with Crippen LogP contribution < -0.4 is 10.6 Å². The van der Waals surface area contributed by atoms with E-state index in [2.05, 4.69) is 48.0 Å². The summed E-state index contributed by atoms with van der Waals surface area (Å²) in [6.07, 6.45) is 2.06. The van der Waals surface area contributed by atoms with Gasteiger partial charge in [0.1, 0.15) is 0 Å². The lowest BCUT2D eigenvalue weighted by atomic mass is 10.1. The Balaban J connectivity index is 1.32. The first-order chi connectivity index (χ1) is 17.6. The van der Waals surface area contributed by atoms with Gasteiger partial charge in [0.25, 0.3) is 0 Å². The van der Waals surface area contributed by atoms with Gasteiger partial charge in [-0.2, -0.15) is 10.2 Å². The van der Waals surface area contributed by atoms with Crippen LogP contribution >= 0.6 is 12.2 Å². The van der Waals surface area contributed by atoms with E-state index >= 15 is 0 Å². The van der Waals surface area contributed by atoms with E-state index in [9.17, 15) is 0 Å². The van der Waals surface area contributed by atoms with Crippen molar-refractivity contribution in [2.75, 3.05) is 5.32 Å². The highest BCUT2D eigenvalue weighted by atomic mass is 32.1. The summed E-state index contributed by atoms with van der Waals surface area (Å²) in [7, 11) is 0. The number of aryl methyl sites for hydroxylation is 1. The molecule has 0 aliphatic heterocycles. The van der Waals surface area contributed by atoms with Crippen LogP contribution in [0.1, 0.15) is 22.5 Å². The van der Waals surface area contributed by atoms with E-state index in [1.807, 2.05) is 83.0 Å². The number of hydrogen-bond donors (Lipinski definition) is 2. The number of anilines is 1. The molecule has 0 aliphatic carbocycles.